The molecule has 8 nitrogen and oxygen atoms in total. The summed E-state index contributed by atoms with van der Waals surface area (Å²) in [6, 6.07) is 27.4. The fraction of sp³-hybridized carbons (Fsp3) is 0.302. The van der Waals surface area contributed by atoms with Crippen molar-refractivity contribution < 1.29 is 47.0 Å². The van der Waals surface area contributed by atoms with Crippen LogP contribution in [0.2, 0.25) is 0 Å². The summed E-state index contributed by atoms with van der Waals surface area (Å²) in [7, 11) is 1.19. The van der Waals surface area contributed by atoms with Gasteiger partial charge >= 0.3 is 11.9 Å². The van der Waals surface area contributed by atoms with Crippen molar-refractivity contribution in [1.82, 2.24) is 0 Å². The maximum atomic E-state index is 13.3. The molecule has 53 heavy (non-hydrogen) atoms. The minimum atomic E-state index is -1.26. The zero-order chi connectivity index (χ0) is 39.2. The Morgan fingerprint density at radius 2 is 0.868 bits per heavy atom. The summed E-state index contributed by atoms with van der Waals surface area (Å²) in [5.41, 5.74) is 1.53. The lowest BCUT2D eigenvalue weighted by molar-refractivity contribution is -0.153. The summed E-state index contributed by atoms with van der Waals surface area (Å²) in [6.07, 6.45) is 0. The van der Waals surface area contributed by atoms with Crippen LogP contribution < -0.4 is 0 Å². The molecule has 0 aliphatic heterocycles. The first kappa shape index (κ1) is 41.8. The SMILES string of the molecule is CCOC(=O)C(C(=O)C(C)C)C(C(=O)c1ccc(F)cc1)c1ccccc1.COC(=O)C(C(=O)C(C)C)C(C(=O)c1ccc(F)cc1)c1ccccc1. The van der Waals surface area contributed by atoms with Crippen molar-refractivity contribution in [2.24, 2.45) is 23.7 Å². The van der Waals surface area contributed by atoms with Crippen LogP contribution in [0.5, 0.6) is 0 Å². The van der Waals surface area contributed by atoms with E-state index in [9.17, 15) is 37.5 Å². The smallest absolute Gasteiger partial charge is 0.317 e. The Bertz CT molecular complexity index is 1850. The number of carbonyl (C=O) groups excluding carboxylic acids is 6. The average Bonchev–Trinajstić information content (AvgIpc) is 3.16. The fourth-order valence-corrected chi connectivity index (χ4v) is 5.81. The molecule has 0 saturated heterocycles. The second-order valence-corrected chi connectivity index (χ2v) is 12.9. The second kappa shape index (κ2) is 19.8. The van der Waals surface area contributed by atoms with E-state index >= 15 is 0 Å². The molecular weight excluding hydrogens is 682 g/mol. The van der Waals surface area contributed by atoms with E-state index in [2.05, 4.69) is 0 Å². The van der Waals surface area contributed by atoms with Crippen molar-refractivity contribution in [2.45, 2.75) is 46.5 Å². The molecule has 0 bridgehead atoms. The van der Waals surface area contributed by atoms with Crippen molar-refractivity contribution >= 4 is 35.1 Å². The highest BCUT2D eigenvalue weighted by molar-refractivity contribution is 6.11. The van der Waals surface area contributed by atoms with Gasteiger partial charge in [-0.2, -0.15) is 0 Å². The highest BCUT2D eigenvalue weighted by Gasteiger charge is 2.43. The molecule has 0 fully saturated rings. The van der Waals surface area contributed by atoms with Crippen LogP contribution in [0, 0.1) is 35.3 Å². The number of ether oxygens (including phenoxy) is 2. The first-order chi connectivity index (χ1) is 25.2. The number of methoxy groups -OCH3 is 1. The third-order valence-corrected chi connectivity index (χ3v) is 8.55. The van der Waals surface area contributed by atoms with Crippen LogP contribution in [0.25, 0.3) is 0 Å². The van der Waals surface area contributed by atoms with Crippen molar-refractivity contribution in [3.63, 3.8) is 0 Å². The number of halogens is 2. The number of carbonyl (C=O) groups is 6. The Kier molecular flexibility index (Phi) is 15.6. The molecule has 0 amide bonds. The molecular formula is C43H44F2O8. The largest absolute Gasteiger partial charge is 0.468 e. The van der Waals surface area contributed by atoms with Gasteiger partial charge in [-0.25, -0.2) is 8.78 Å². The van der Waals surface area contributed by atoms with E-state index in [0.29, 0.717) is 11.1 Å². The van der Waals surface area contributed by atoms with E-state index in [1.54, 1.807) is 95.3 Å². The molecule has 4 aromatic carbocycles. The molecule has 4 aromatic rings. The van der Waals surface area contributed by atoms with E-state index in [1.807, 2.05) is 0 Å². The number of benzene rings is 4. The molecule has 0 aliphatic rings. The van der Waals surface area contributed by atoms with Crippen LogP contribution in [-0.4, -0.2) is 48.8 Å². The van der Waals surface area contributed by atoms with Crippen molar-refractivity contribution in [2.75, 3.05) is 13.7 Å². The molecule has 4 unspecified atom stereocenters. The van der Waals surface area contributed by atoms with Crippen LogP contribution in [0.3, 0.4) is 0 Å². The monoisotopic (exact) mass is 726 g/mol. The van der Waals surface area contributed by atoms with Crippen molar-refractivity contribution in [3.8, 4) is 0 Å². The molecule has 0 aliphatic carbocycles. The molecule has 4 atom stereocenters. The summed E-state index contributed by atoms with van der Waals surface area (Å²) >= 11 is 0. The predicted octanol–water partition coefficient (Wildman–Crippen LogP) is 8.00. The van der Waals surface area contributed by atoms with Crippen LogP contribution in [-0.2, 0) is 28.7 Å². The zero-order valence-corrected chi connectivity index (χ0v) is 30.6. The summed E-state index contributed by atoms with van der Waals surface area (Å²) in [6.45, 7) is 8.45. The first-order valence-electron chi connectivity index (χ1n) is 17.2. The van der Waals surface area contributed by atoms with Gasteiger partial charge in [0.25, 0.3) is 0 Å². The Labute approximate surface area is 308 Å². The minimum absolute atomic E-state index is 0.104. The van der Waals surface area contributed by atoms with Crippen molar-refractivity contribution in [3.05, 3.63) is 143 Å². The number of hydrogen-bond donors (Lipinski definition) is 0. The van der Waals surface area contributed by atoms with E-state index in [4.69, 9.17) is 9.47 Å². The fourth-order valence-electron chi connectivity index (χ4n) is 5.81. The van der Waals surface area contributed by atoms with E-state index < -0.39 is 70.6 Å². The lowest BCUT2D eigenvalue weighted by atomic mass is 9.76. The topological polar surface area (TPSA) is 121 Å². The molecule has 0 radical (unpaired) electrons. The zero-order valence-electron chi connectivity index (χ0n) is 30.6. The molecule has 0 saturated carbocycles. The summed E-state index contributed by atoms with van der Waals surface area (Å²) < 4.78 is 36.4. The normalized spacial score (nSPS) is 13.1. The van der Waals surface area contributed by atoms with Gasteiger partial charge in [0, 0.05) is 23.0 Å². The van der Waals surface area contributed by atoms with E-state index in [1.165, 1.54) is 55.6 Å². The van der Waals surface area contributed by atoms with Gasteiger partial charge in [-0.3, -0.25) is 28.8 Å². The summed E-state index contributed by atoms with van der Waals surface area (Å²) in [4.78, 5) is 77.0. The highest BCUT2D eigenvalue weighted by atomic mass is 19.1. The molecule has 4 rings (SSSR count). The lowest BCUT2D eigenvalue weighted by Crippen LogP contribution is -2.38. The summed E-state index contributed by atoms with van der Waals surface area (Å²) in [5, 5.41) is 0. The molecule has 0 aromatic heterocycles. The Morgan fingerprint density at radius 1 is 0.528 bits per heavy atom. The molecule has 0 spiro atoms. The quantitative estimate of drug-likeness (QED) is 0.0687. The van der Waals surface area contributed by atoms with Crippen LogP contribution in [0.15, 0.2) is 109 Å². The Hall–Kier alpha value is -5.64. The molecule has 0 N–H and O–H groups in total. The van der Waals surface area contributed by atoms with Crippen LogP contribution in [0.4, 0.5) is 8.78 Å². The number of Topliss-reactive ketones (excluding diaryl/α,β-unsaturated/α-hetero) is 4. The first-order valence-corrected chi connectivity index (χ1v) is 17.2. The molecule has 0 heterocycles. The summed E-state index contributed by atoms with van der Waals surface area (Å²) in [5.74, 6) is -9.51. The molecule has 10 heteroatoms. The maximum Gasteiger partial charge on any atom is 0.317 e. The Morgan fingerprint density at radius 3 is 1.17 bits per heavy atom. The Balaban J connectivity index is 0.000000286. The maximum absolute atomic E-state index is 13.3. The predicted molar refractivity (Wildman–Crippen MR) is 195 cm³/mol. The number of rotatable bonds is 15. The van der Waals surface area contributed by atoms with Gasteiger partial charge in [0.15, 0.2) is 23.1 Å². The van der Waals surface area contributed by atoms with Gasteiger partial charge in [-0.15, -0.1) is 0 Å². The number of ketones is 4. The van der Waals surface area contributed by atoms with Gasteiger partial charge in [0.05, 0.1) is 25.6 Å². The highest BCUT2D eigenvalue weighted by Crippen LogP contribution is 2.34. The molecule has 278 valence electrons. The third kappa shape index (κ3) is 10.9. The van der Waals surface area contributed by atoms with Gasteiger partial charge in [0.1, 0.15) is 23.5 Å². The average molecular weight is 727 g/mol. The van der Waals surface area contributed by atoms with Crippen LogP contribution in [0.1, 0.15) is 78.3 Å². The second-order valence-electron chi connectivity index (χ2n) is 12.9. The minimum Gasteiger partial charge on any atom is -0.468 e. The number of hydrogen-bond acceptors (Lipinski definition) is 8. The third-order valence-electron chi connectivity index (χ3n) is 8.55. The standard InChI is InChI=1S/C22H23FO4.C21H21FO4/c1-4-27-22(26)19(20(24)14(2)3)18(15-8-6-5-7-9-15)21(25)16-10-12-17(23)13-11-16;1-13(2)19(23)18(21(25)26-3)17(14-7-5-4-6-8-14)20(24)15-9-11-16(22)12-10-15/h5-14,18-19H,4H2,1-3H3;4-13,17-18H,1-3H3. The van der Waals surface area contributed by atoms with Crippen LogP contribution >= 0.6 is 0 Å². The van der Waals surface area contributed by atoms with Gasteiger partial charge in [-0.05, 0) is 66.6 Å². The number of esters is 2. The lowest BCUT2D eigenvalue weighted by Gasteiger charge is -2.25. The van der Waals surface area contributed by atoms with Gasteiger partial charge < -0.3 is 9.47 Å². The van der Waals surface area contributed by atoms with Gasteiger partial charge in [-0.1, -0.05) is 88.4 Å². The van der Waals surface area contributed by atoms with E-state index in [-0.39, 0.29) is 29.3 Å². The van der Waals surface area contributed by atoms with Gasteiger partial charge in [0.2, 0.25) is 0 Å². The van der Waals surface area contributed by atoms with Crippen molar-refractivity contribution in [1.29, 1.82) is 0 Å². The van der Waals surface area contributed by atoms with E-state index in [0.717, 1.165) is 0 Å².